The van der Waals surface area contributed by atoms with Crippen LogP contribution in [0.25, 0.3) is 11.5 Å². The zero-order valence-corrected chi connectivity index (χ0v) is 16.0. The van der Waals surface area contributed by atoms with E-state index < -0.39 is 0 Å². The maximum atomic E-state index is 9.24. The molecule has 0 bridgehead atoms. The third-order valence-corrected chi connectivity index (χ3v) is 4.57. The minimum atomic E-state index is 0.330. The van der Waals surface area contributed by atoms with Crippen LogP contribution in [0, 0.1) is 11.3 Å². The highest BCUT2D eigenvalue weighted by atomic mass is 16.4. The molecule has 0 aliphatic rings. The largest absolute Gasteiger partial charge is 0.419 e. The molecule has 1 N–H and O–H groups in total. The maximum absolute atomic E-state index is 9.24. The standard InChI is InChI=1S/C22H31N3O/c1-2-3-4-5-6-7-8-9-10-14-17-24-22-20(18-23)25-21(26-22)19-15-12-11-13-16-19/h11-13,15-16,24H,2-10,14,17H2,1H3. The average molecular weight is 354 g/mol. The van der Waals surface area contributed by atoms with Crippen LogP contribution in [-0.4, -0.2) is 11.5 Å². The van der Waals surface area contributed by atoms with Crippen molar-refractivity contribution in [1.29, 1.82) is 5.26 Å². The number of anilines is 1. The minimum absolute atomic E-state index is 0.330. The van der Waals surface area contributed by atoms with Crippen LogP contribution in [0.2, 0.25) is 0 Å². The lowest BCUT2D eigenvalue weighted by Crippen LogP contribution is -2.01. The molecule has 140 valence electrons. The summed E-state index contributed by atoms with van der Waals surface area (Å²) in [6.45, 7) is 3.07. The molecule has 1 heterocycles. The van der Waals surface area contributed by atoms with Gasteiger partial charge in [-0.05, 0) is 18.6 Å². The highest BCUT2D eigenvalue weighted by Crippen LogP contribution is 2.25. The van der Waals surface area contributed by atoms with Gasteiger partial charge in [0.25, 0.3) is 0 Å². The van der Waals surface area contributed by atoms with Gasteiger partial charge < -0.3 is 9.73 Å². The predicted molar refractivity (Wildman–Crippen MR) is 107 cm³/mol. The molecule has 0 saturated heterocycles. The van der Waals surface area contributed by atoms with Crippen molar-refractivity contribution in [3.05, 3.63) is 36.0 Å². The maximum Gasteiger partial charge on any atom is 0.232 e. The molecule has 0 spiro atoms. The van der Waals surface area contributed by atoms with Crippen LogP contribution >= 0.6 is 0 Å². The van der Waals surface area contributed by atoms with Crippen molar-refractivity contribution >= 4 is 5.88 Å². The first-order valence-electron chi connectivity index (χ1n) is 10.1. The van der Waals surface area contributed by atoms with Crippen LogP contribution in [0.15, 0.2) is 34.7 Å². The van der Waals surface area contributed by atoms with Gasteiger partial charge in [0.1, 0.15) is 6.07 Å². The molecule has 0 radical (unpaired) electrons. The minimum Gasteiger partial charge on any atom is -0.419 e. The Morgan fingerprint density at radius 3 is 2.15 bits per heavy atom. The van der Waals surface area contributed by atoms with Gasteiger partial charge in [0.05, 0.1) is 0 Å². The average Bonchev–Trinajstić information content (AvgIpc) is 3.10. The Hall–Kier alpha value is -2.28. The van der Waals surface area contributed by atoms with Crippen molar-refractivity contribution in [2.45, 2.75) is 71.1 Å². The van der Waals surface area contributed by atoms with Crippen molar-refractivity contribution in [1.82, 2.24) is 4.98 Å². The summed E-state index contributed by atoms with van der Waals surface area (Å²) in [6, 6.07) is 11.8. The lowest BCUT2D eigenvalue weighted by Gasteiger charge is -2.04. The van der Waals surface area contributed by atoms with E-state index in [1.165, 1.54) is 57.8 Å². The van der Waals surface area contributed by atoms with Gasteiger partial charge in [-0.15, -0.1) is 0 Å². The fraction of sp³-hybridized carbons (Fsp3) is 0.545. The second-order valence-electron chi connectivity index (χ2n) is 6.78. The Balaban J connectivity index is 1.62. The summed E-state index contributed by atoms with van der Waals surface area (Å²) < 4.78 is 5.74. The summed E-state index contributed by atoms with van der Waals surface area (Å²) >= 11 is 0. The van der Waals surface area contributed by atoms with E-state index in [2.05, 4.69) is 23.3 Å². The molecular weight excluding hydrogens is 322 g/mol. The molecular formula is C22H31N3O. The zero-order chi connectivity index (χ0) is 18.5. The summed E-state index contributed by atoms with van der Waals surface area (Å²) in [6.07, 6.45) is 13.1. The summed E-state index contributed by atoms with van der Waals surface area (Å²) in [5, 5.41) is 12.5. The number of benzene rings is 1. The quantitative estimate of drug-likeness (QED) is 0.415. The summed E-state index contributed by atoms with van der Waals surface area (Å²) in [5.41, 5.74) is 1.21. The van der Waals surface area contributed by atoms with E-state index in [0.29, 0.717) is 17.5 Å². The third-order valence-electron chi connectivity index (χ3n) is 4.57. The lowest BCUT2D eigenvalue weighted by atomic mass is 10.1. The van der Waals surface area contributed by atoms with Gasteiger partial charge >= 0.3 is 0 Å². The first-order chi connectivity index (χ1) is 12.8. The Bertz CT molecular complexity index is 658. The van der Waals surface area contributed by atoms with E-state index in [0.717, 1.165) is 18.5 Å². The van der Waals surface area contributed by atoms with Gasteiger partial charge in [-0.3, -0.25) is 0 Å². The molecule has 0 fully saturated rings. The molecule has 0 aliphatic heterocycles. The first-order valence-corrected chi connectivity index (χ1v) is 10.1. The van der Waals surface area contributed by atoms with Crippen molar-refractivity contribution in [3.63, 3.8) is 0 Å². The number of nitriles is 1. The van der Waals surface area contributed by atoms with E-state index in [4.69, 9.17) is 4.42 Å². The van der Waals surface area contributed by atoms with Crippen LogP contribution in [0.1, 0.15) is 76.8 Å². The molecule has 1 aromatic carbocycles. The number of rotatable bonds is 13. The summed E-state index contributed by atoms with van der Waals surface area (Å²) in [5.74, 6) is 0.981. The van der Waals surface area contributed by atoms with E-state index in [9.17, 15) is 5.26 Å². The van der Waals surface area contributed by atoms with E-state index >= 15 is 0 Å². The van der Waals surface area contributed by atoms with Crippen molar-refractivity contribution in [3.8, 4) is 17.5 Å². The van der Waals surface area contributed by atoms with E-state index in [1.54, 1.807) is 0 Å². The van der Waals surface area contributed by atoms with Crippen molar-refractivity contribution in [2.75, 3.05) is 11.9 Å². The number of hydrogen-bond acceptors (Lipinski definition) is 4. The van der Waals surface area contributed by atoms with Gasteiger partial charge in [-0.1, -0.05) is 82.9 Å². The SMILES string of the molecule is CCCCCCCCCCCCNc1oc(-c2ccccc2)nc1C#N. The van der Waals surface area contributed by atoms with E-state index in [1.807, 2.05) is 30.3 Å². The molecule has 2 aromatic rings. The predicted octanol–water partition coefficient (Wildman–Crippen LogP) is 6.55. The van der Waals surface area contributed by atoms with Crippen molar-refractivity contribution in [2.24, 2.45) is 0 Å². The van der Waals surface area contributed by atoms with Gasteiger partial charge in [-0.25, -0.2) is 0 Å². The number of aromatic nitrogens is 1. The molecule has 4 heteroatoms. The molecule has 0 aliphatic carbocycles. The number of unbranched alkanes of at least 4 members (excludes halogenated alkanes) is 9. The first kappa shape index (κ1) is 20.0. The lowest BCUT2D eigenvalue weighted by molar-refractivity contribution is 0.555. The monoisotopic (exact) mass is 353 g/mol. The van der Waals surface area contributed by atoms with Crippen LogP contribution in [0.3, 0.4) is 0 Å². The van der Waals surface area contributed by atoms with Gasteiger partial charge in [-0.2, -0.15) is 10.2 Å². The number of nitrogens with zero attached hydrogens (tertiary/aromatic N) is 2. The Kier molecular flexibility index (Phi) is 9.35. The highest BCUT2D eigenvalue weighted by molar-refractivity contribution is 5.58. The molecule has 0 saturated carbocycles. The summed E-state index contributed by atoms with van der Waals surface area (Å²) in [7, 11) is 0. The summed E-state index contributed by atoms with van der Waals surface area (Å²) in [4.78, 5) is 4.28. The smallest absolute Gasteiger partial charge is 0.232 e. The van der Waals surface area contributed by atoms with Crippen LogP contribution in [0.5, 0.6) is 0 Å². The molecule has 0 atom stereocenters. The number of hydrogen-bond donors (Lipinski definition) is 1. The fourth-order valence-corrected chi connectivity index (χ4v) is 3.03. The molecule has 1 aromatic heterocycles. The van der Waals surface area contributed by atoms with Gasteiger partial charge in [0.15, 0.2) is 0 Å². The van der Waals surface area contributed by atoms with Gasteiger partial charge in [0.2, 0.25) is 17.5 Å². The van der Waals surface area contributed by atoms with Crippen LogP contribution in [-0.2, 0) is 0 Å². The molecule has 26 heavy (non-hydrogen) atoms. The topological polar surface area (TPSA) is 61.9 Å². The van der Waals surface area contributed by atoms with Crippen LogP contribution in [0.4, 0.5) is 5.88 Å². The second-order valence-corrected chi connectivity index (χ2v) is 6.78. The van der Waals surface area contributed by atoms with E-state index in [-0.39, 0.29) is 0 Å². The molecule has 0 amide bonds. The molecule has 4 nitrogen and oxygen atoms in total. The Labute approximate surface area is 157 Å². The Morgan fingerprint density at radius 1 is 0.923 bits per heavy atom. The van der Waals surface area contributed by atoms with Crippen LogP contribution < -0.4 is 5.32 Å². The van der Waals surface area contributed by atoms with Gasteiger partial charge in [0, 0.05) is 12.1 Å². The Morgan fingerprint density at radius 2 is 1.54 bits per heavy atom. The normalized spacial score (nSPS) is 10.6. The molecule has 2 rings (SSSR count). The fourth-order valence-electron chi connectivity index (χ4n) is 3.03. The highest BCUT2D eigenvalue weighted by Gasteiger charge is 2.13. The van der Waals surface area contributed by atoms with Crippen molar-refractivity contribution < 1.29 is 4.42 Å². The number of oxazole rings is 1. The zero-order valence-electron chi connectivity index (χ0n) is 16.0. The third kappa shape index (κ3) is 6.92. The number of nitrogens with one attached hydrogen (secondary N) is 1. The molecule has 0 unspecified atom stereocenters. The second kappa shape index (κ2) is 12.1.